The van der Waals surface area contributed by atoms with Crippen LogP contribution in [0.1, 0.15) is 31.9 Å². The average Bonchev–Trinajstić information content (AvgIpc) is 2.17. The molecule has 1 aromatic rings. The summed E-state index contributed by atoms with van der Waals surface area (Å²) in [6.45, 7) is 5.09. The highest BCUT2D eigenvalue weighted by Gasteiger charge is 2.24. The van der Waals surface area contributed by atoms with Gasteiger partial charge in [0.05, 0.1) is 6.61 Å². The molecule has 0 saturated carbocycles. The lowest BCUT2D eigenvalue weighted by Gasteiger charge is -2.23. The van der Waals surface area contributed by atoms with Crippen LogP contribution in [0.15, 0.2) is 12.1 Å². The zero-order valence-electron chi connectivity index (χ0n) is 9.27. The number of aryl methyl sites for hydroxylation is 1. The van der Waals surface area contributed by atoms with E-state index in [1.807, 2.05) is 6.92 Å². The topological polar surface area (TPSA) is 20.2 Å². The molecule has 1 rings (SSSR count). The summed E-state index contributed by atoms with van der Waals surface area (Å²) in [5, 5.41) is 9.14. The summed E-state index contributed by atoms with van der Waals surface area (Å²) < 4.78 is 26.7. The molecule has 15 heavy (non-hydrogen) atoms. The number of halogens is 2. The van der Waals surface area contributed by atoms with Crippen LogP contribution in [0.25, 0.3) is 0 Å². The third-order valence-electron chi connectivity index (χ3n) is 2.64. The van der Waals surface area contributed by atoms with Crippen LogP contribution in [0.5, 0.6) is 0 Å². The molecule has 0 unspecified atom stereocenters. The minimum Gasteiger partial charge on any atom is -0.395 e. The van der Waals surface area contributed by atoms with E-state index in [1.165, 1.54) is 6.07 Å². The molecule has 3 heteroatoms. The molecular formula is C12H16F2O. The fraction of sp³-hybridized carbons (Fsp3) is 0.500. The van der Waals surface area contributed by atoms with Gasteiger partial charge in [-0.2, -0.15) is 0 Å². The minimum atomic E-state index is -0.679. The van der Waals surface area contributed by atoms with Gasteiger partial charge in [0.1, 0.15) is 11.6 Å². The highest BCUT2D eigenvalue weighted by atomic mass is 19.1. The van der Waals surface area contributed by atoms with E-state index in [9.17, 15) is 8.78 Å². The predicted octanol–water partition coefficient (Wildman–Crippen LogP) is 2.80. The van der Waals surface area contributed by atoms with E-state index in [0.717, 1.165) is 6.07 Å². The van der Waals surface area contributed by atoms with Gasteiger partial charge >= 0.3 is 0 Å². The molecule has 0 heterocycles. The second-order valence-corrected chi connectivity index (χ2v) is 4.32. The maximum Gasteiger partial charge on any atom is 0.129 e. The smallest absolute Gasteiger partial charge is 0.129 e. The fourth-order valence-corrected chi connectivity index (χ4v) is 1.47. The van der Waals surface area contributed by atoms with E-state index >= 15 is 0 Å². The first-order chi connectivity index (χ1) is 6.92. The van der Waals surface area contributed by atoms with Gasteiger partial charge in [-0.25, -0.2) is 8.78 Å². The lowest BCUT2D eigenvalue weighted by atomic mass is 9.84. The average molecular weight is 214 g/mol. The summed E-state index contributed by atoms with van der Waals surface area (Å²) in [5.74, 6) is -1.11. The van der Waals surface area contributed by atoms with Crippen molar-refractivity contribution in [3.05, 3.63) is 34.9 Å². The molecule has 0 saturated heterocycles. The van der Waals surface area contributed by atoms with Gasteiger partial charge in [0, 0.05) is 11.5 Å². The Labute approximate surface area is 88.7 Å². The quantitative estimate of drug-likeness (QED) is 0.820. The summed E-state index contributed by atoms with van der Waals surface area (Å²) in [6.07, 6.45) is 0.515. The summed E-state index contributed by atoms with van der Waals surface area (Å²) in [4.78, 5) is 0. The number of aliphatic hydroxyl groups excluding tert-OH is 1. The first-order valence-electron chi connectivity index (χ1n) is 5.01. The number of hydrogen-bond donors (Lipinski definition) is 1. The van der Waals surface area contributed by atoms with Crippen LogP contribution in [0.2, 0.25) is 0 Å². The monoisotopic (exact) mass is 214 g/mol. The standard InChI is InChI=1S/C12H16F2O/c1-4-8-5-9(12(2,3)7-15)11(14)6-10(8)13/h5-6,15H,4,7H2,1-3H3. The summed E-state index contributed by atoms with van der Waals surface area (Å²) >= 11 is 0. The van der Waals surface area contributed by atoms with Crippen molar-refractivity contribution in [3.8, 4) is 0 Å². The normalized spacial score (nSPS) is 11.9. The van der Waals surface area contributed by atoms with Crippen LogP contribution in [0.3, 0.4) is 0 Å². The molecule has 0 atom stereocenters. The van der Waals surface area contributed by atoms with Crippen molar-refractivity contribution in [3.63, 3.8) is 0 Å². The van der Waals surface area contributed by atoms with Gasteiger partial charge in [-0.3, -0.25) is 0 Å². The van der Waals surface area contributed by atoms with Crippen molar-refractivity contribution in [1.29, 1.82) is 0 Å². The van der Waals surface area contributed by atoms with Crippen molar-refractivity contribution in [1.82, 2.24) is 0 Å². The van der Waals surface area contributed by atoms with Crippen LogP contribution < -0.4 is 0 Å². The number of aliphatic hydroxyl groups is 1. The van der Waals surface area contributed by atoms with Crippen molar-refractivity contribution in [2.24, 2.45) is 0 Å². The third-order valence-corrected chi connectivity index (χ3v) is 2.64. The fourth-order valence-electron chi connectivity index (χ4n) is 1.47. The Kier molecular flexibility index (Phi) is 3.45. The second-order valence-electron chi connectivity index (χ2n) is 4.32. The number of rotatable bonds is 3. The minimum absolute atomic E-state index is 0.168. The van der Waals surface area contributed by atoms with Gasteiger partial charge in [-0.1, -0.05) is 20.8 Å². The van der Waals surface area contributed by atoms with E-state index in [4.69, 9.17) is 5.11 Å². The molecule has 0 aliphatic rings. The predicted molar refractivity (Wildman–Crippen MR) is 55.8 cm³/mol. The number of hydrogen-bond acceptors (Lipinski definition) is 1. The third kappa shape index (κ3) is 2.34. The zero-order valence-corrected chi connectivity index (χ0v) is 9.27. The molecule has 1 aromatic carbocycles. The van der Waals surface area contributed by atoms with Crippen molar-refractivity contribution in [2.75, 3.05) is 6.61 Å². The van der Waals surface area contributed by atoms with Crippen LogP contribution in [0, 0.1) is 11.6 Å². The van der Waals surface area contributed by atoms with Crippen molar-refractivity contribution < 1.29 is 13.9 Å². The van der Waals surface area contributed by atoms with E-state index < -0.39 is 17.0 Å². The van der Waals surface area contributed by atoms with Crippen LogP contribution in [-0.2, 0) is 11.8 Å². The van der Waals surface area contributed by atoms with Gasteiger partial charge in [0.2, 0.25) is 0 Å². The Bertz CT molecular complexity index is 359. The molecule has 0 aromatic heterocycles. The van der Waals surface area contributed by atoms with E-state index in [2.05, 4.69) is 0 Å². The Morgan fingerprint density at radius 3 is 2.27 bits per heavy atom. The summed E-state index contributed by atoms with van der Waals surface area (Å²) in [7, 11) is 0. The Balaban J connectivity index is 3.30. The van der Waals surface area contributed by atoms with Gasteiger partial charge in [-0.15, -0.1) is 0 Å². The van der Waals surface area contributed by atoms with E-state index in [0.29, 0.717) is 17.5 Å². The molecule has 0 radical (unpaired) electrons. The molecule has 84 valence electrons. The molecule has 0 fully saturated rings. The van der Waals surface area contributed by atoms with Crippen molar-refractivity contribution >= 4 is 0 Å². The van der Waals surface area contributed by atoms with Crippen LogP contribution >= 0.6 is 0 Å². The molecule has 0 aliphatic carbocycles. The van der Waals surface area contributed by atoms with Crippen LogP contribution in [-0.4, -0.2) is 11.7 Å². The van der Waals surface area contributed by atoms with Gasteiger partial charge in [0.15, 0.2) is 0 Å². The van der Waals surface area contributed by atoms with Crippen molar-refractivity contribution in [2.45, 2.75) is 32.6 Å². The van der Waals surface area contributed by atoms with Gasteiger partial charge in [-0.05, 0) is 23.6 Å². The zero-order chi connectivity index (χ0) is 11.6. The second kappa shape index (κ2) is 4.27. The maximum atomic E-state index is 13.5. The molecule has 0 bridgehead atoms. The van der Waals surface area contributed by atoms with Crippen LogP contribution in [0.4, 0.5) is 8.78 Å². The summed E-state index contributed by atoms with van der Waals surface area (Å²) in [6, 6.07) is 2.40. The molecule has 0 aliphatic heterocycles. The largest absolute Gasteiger partial charge is 0.395 e. The highest BCUT2D eigenvalue weighted by molar-refractivity contribution is 5.32. The molecular weight excluding hydrogens is 198 g/mol. The van der Waals surface area contributed by atoms with E-state index in [1.54, 1.807) is 13.8 Å². The first kappa shape index (κ1) is 12.1. The lowest BCUT2D eigenvalue weighted by molar-refractivity contribution is 0.214. The Hall–Kier alpha value is -0.960. The van der Waals surface area contributed by atoms with Gasteiger partial charge in [0.25, 0.3) is 0 Å². The Morgan fingerprint density at radius 1 is 1.20 bits per heavy atom. The molecule has 1 nitrogen and oxygen atoms in total. The molecule has 0 amide bonds. The molecule has 1 N–H and O–H groups in total. The Morgan fingerprint density at radius 2 is 1.80 bits per heavy atom. The number of benzene rings is 1. The maximum absolute atomic E-state index is 13.5. The SMILES string of the molecule is CCc1cc(C(C)(C)CO)c(F)cc1F. The van der Waals surface area contributed by atoms with E-state index in [-0.39, 0.29) is 6.61 Å². The first-order valence-corrected chi connectivity index (χ1v) is 5.01. The lowest BCUT2D eigenvalue weighted by Crippen LogP contribution is -2.24. The molecule has 0 spiro atoms. The highest BCUT2D eigenvalue weighted by Crippen LogP contribution is 2.27. The van der Waals surface area contributed by atoms with Gasteiger partial charge < -0.3 is 5.11 Å². The summed E-state index contributed by atoms with van der Waals surface area (Å²) in [5.41, 5.74) is 0.165.